The van der Waals surface area contributed by atoms with Crippen molar-refractivity contribution in [2.45, 2.75) is 25.4 Å². The van der Waals surface area contributed by atoms with E-state index in [1.54, 1.807) is 28.8 Å². The standard InChI is InChI=1S/C22H23FN4OS/c1-2-29-20-19(16-6-4-3-5-7-16)25-22(26-20)12-14-27(15-13-22)21(28)24-18-10-8-17(23)9-11-18/h3-11H,2,12-15H2,1H3,(H,24,28). The van der Waals surface area contributed by atoms with Crippen LogP contribution in [0.25, 0.3) is 0 Å². The number of nitrogens with one attached hydrogen (secondary N) is 1. The van der Waals surface area contributed by atoms with Gasteiger partial charge in [-0.1, -0.05) is 37.3 Å². The molecule has 0 bridgehead atoms. The van der Waals surface area contributed by atoms with Crippen molar-refractivity contribution in [1.29, 1.82) is 0 Å². The van der Waals surface area contributed by atoms with Crippen molar-refractivity contribution >= 4 is 34.2 Å². The Balaban J connectivity index is 1.45. The maximum absolute atomic E-state index is 13.0. The molecule has 2 aromatic rings. The lowest BCUT2D eigenvalue weighted by Crippen LogP contribution is -2.46. The number of carbonyl (C=O) groups excluding carboxylic acids is 1. The molecule has 5 nitrogen and oxygen atoms in total. The molecule has 150 valence electrons. The smallest absolute Gasteiger partial charge is 0.321 e. The number of benzene rings is 2. The number of halogens is 1. The summed E-state index contributed by atoms with van der Waals surface area (Å²) in [7, 11) is 0. The SMILES string of the molecule is CCSC1=NC2(CCN(C(=O)Nc3ccc(F)cc3)CC2)N=C1c1ccccc1. The van der Waals surface area contributed by atoms with Crippen LogP contribution in [0.4, 0.5) is 14.9 Å². The number of piperidine rings is 1. The van der Waals surface area contributed by atoms with E-state index in [0.29, 0.717) is 31.6 Å². The predicted molar refractivity (Wildman–Crippen MR) is 118 cm³/mol. The van der Waals surface area contributed by atoms with Crippen molar-refractivity contribution < 1.29 is 9.18 Å². The monoisotopic (exact) mass is 410 g/mol. The fraction of sp³-hybridized carbons (Fsp3) is 0.318. The Bertz CT molecular complexity index is 935. The first-order valence-electron chi connectivity index (χ1n) is 9.78. The summed E-state index contributed by atoms with van der Waals surface area (Å²) in [4.78, 5) is 24.3. The molecule has 7 heteroatoms. The average molecular weight is 411 g/mol. The lowest BCUT2D eigenvalue weighted by atomic mass is 9.98. The average Bonchev–Trinajstić information content (AvgIpc) is 3.09. The van der Waals surface area contributed by atoms with E-state index in [1.165, 1.54) is 12.1 Å². The van der Waals surface area contributed by atoms with Gasteiger partial charge in [-0.3, -0.25) is 4.99 Å². The zero-order valence-electron chi connectivity index (χ0n) is 16.3. The molecule has 0 unspecified atom stereocenters. The first kappa shape index (κ1) is 19.6. The van der Waals surface area contributed by atoms with Gasteiger partial charge in [0, 0.05) is 37.2 Å². The second-order valence-electron chi connectivity index (χ2n) is 7.08. The second-order valence-corrected chi connectivity index (χ2v) is 8.34. The topological polar surface area (TPSA) is 57.1 Å². The highest BCUT2D eigenvalue weighted by molar-refractivity contribution is 8.15. The van der Waals surface area contributed by atoms with Gasteiger partial charge in [0.1, 0.15) is 10.9 Å². The summed E-state index contributed by atoms with van der Waals surface area (Å²) in [6, 6.07) is 15.8. The van der Waals surface area contributed by atoms with Crippen LogP contribution in [0.5, 0.6) is 0 Å². The van der Waals surface area contributed by atoms with Gasteiger partial charge < -0.3 is 10.2 Å². The molecule has 2 heterocycles. The van der Waals surface area contributed by atoms with Crippen molar-refractivity contribution in [2.75, 3.05) is 24.2 Å². The van der Waals surface area contributed by atoms with Crippen LogP contribution in [-0.4, -0.2) is 46.2 Å². The fourth-order valence-corrected chi connectivity index (χ4v) is 4.38. The Kier molecular flexibility index (Phi) is 5.67. The molecular formula is C22H23FN4OS. The van der Waals surface area contributed by atoms with E-state index < -0.39 is 5.66 Å². The molecule has 0 aliphatic carbocycles. The number of likely N-dealkylation sites (tertiary alicyclic amines) is 1. The third kappa shape index (κ3) is 4.34. The van der Waals surface area contributed by atoms with E-state index in [0.717, 1.165) is 22.1 Å². The maximum Gasteiger partial charge on any atom is 0.321 e. The summed E-state index contributed by atoms with van der Waals surface area (Å²) in [6.45, 7) is 3.27. The van der Waals surface area contributed by atoms with Gasteiger partial charge in [0.25, 0.3) is 0 Å². The Hall–Kier alpha value is -2.67. The Labute approximate surface area is 174 Å². The number of urea groups is 1. The molecule has 1 spiro atoms. The third-order valence-electron chi connectivity index (χ3n) is 5.11. The minimum absolute atomic E-state index is 0.177. The zero-order chi connectivity index (χ0) is 20.3. The molecule has 1 saturated heterocycles. The van der Waals surface area contributed by atoms with Crippen LogP contribution in [0.15, 0.2) is 64.6 Å². The summed E-state index contributed by atoms with van der Waals surface area (Å²) < 4.78 is 13.0. The van der Waals surface area contributed by atoms with Crippen LogP contribution >= 0.6 is 11.8 Å². The minimum Gasteiger partial charge on any atom is -0.324 e. The van der Waals surface area contributed by atoms with Crippen LogP contribution in [0, 0.1) is 5.82 Å². The van der Waals surface area contributed by atoms with Crippen molar-refractivity contribution in [3.05, 3.63) is 66.0 Å². The molecule has 0 atom stereocenters. The number of nitrogens with zero attached hydrogens (tertiary/aromatic N) is 3. The van der Waals surface area contributed by atoms with Crippen molar-refractivity contribution in [1.82, 2.24) is 4.90 Å². The maximum atomic E-state index is 13.0. The fourth-order valence-electron chi connectivity index (χ4n) is 3.57. The van der Waals surface area contributed by atoms with E-state index in [4.69, 9.17) is 9.98 Å². The summed E-state index contributed by atoms with van der Waals surface area (Å²) in [6.07, 6.45) is 1.38. The molecule has 2 aliphatic rings. The van der Waals surface area contributed by atoms with E-state index in [1.807, 2.05) is 18.2 Å². The predicted octanol–water partition coefficient (Wildman–Crippen LogP) is 4.80. The van der Waals surface area contributed by atoms with Crippen LogP contribution in [-0.2, 0) is 0 Å². The molecule has 2 amide bonds. The highest BCUT2D eigenvalue weighted by atomic mass is 32.2. The molecule has 0 aromatic heterocycles. The number of hydrogen-bond acceptors (Lipinski definition) is 4. The molecule has 1 N–H and O–H groups in total. The number of rotatable bonds is 3. The van der Waals surface area contributed by atoms with Gasteiger partial charge in [-0.25, -0.2) is 14.2 Å². The molecule has 2 aliphatic heterocycles. The first-order chi connectivity index (χ1) is 14.1. The Morgan fingerprint density at radius 3 is 2.45 bits per heavy atom. The molecule has 0 radical (unpaired) electrons. The number of thioether (sulfide) groups is 1. The lowest BCUT2D eigenvalue weighted by molar-refractivity contribution is 0.175. The van der Waals surface area contributed by atoms with Crippen LogP contribution in [0.3, 0.4) is 0 Å². The number of aliphatic imine (C=N–C) groups is 2. The van der Waals surface area contributed by atoms with E-state index >= 15 is 0 Å². The second kappa shape index (κ2) is 8.37. The molecule has 4 rings (SSSR count). The number of amides is 2. The normalized spacial score (nSPS) is 17.8. The van der Waals surface area contributed by atoms with E-state index in [9.17, 15) is 9.18 Å². The van der Waals surface area contributed by atoms with Crippen LogP contribution < -0.4 is 5.32 Å². The van der Waals surface area contributed by atoms with Crippen molar-refractivity contribution in [3.8, 4) is 0 Å². The van der Waals surface area contributed by atoms with E-state index in [-0.39, 0.29) is 11.8 Å². The van der Waals surface area contributed by atoms with Gasteiger partial charge in [-0.2, -0.15) is 0 Å². The van der Waals surface area contributed by atoms with E-state index in [2.05, 4.69) is 24.4 Å². The molecular weight excluding hydrogens is 387 g/mol. The van der Waals surface area contributed by atoms with Crippen molar-refractivity contribution in [2.24, 2.45) is 9.98 Å². The van der Waals surface area contributed by atoms with Gasteiger partial charge in [-0.05, 0) is 30.0 Å². The first-order valence-corrected chi connectivity index (χ1v) is 10.8. The third-order valence-corrected chi connectivity index (χ3v) is 5.95. The van der Waals surface area contributed by atoms with Crippen LogP contribution in [0.1, 0.15) is 25.3 Å². The molecule has 2 aromatic carbocycles. The summed E-state index contributed by atoms with van der Waals surface area (Å²) in [5, 5.41) is 3.81. The Morgan fingerprint density at radius 1 is 1.10 bits per heavy atom. The van der Waals surface area contributed by atoms with Gasteiger partial charge in [0.15, 0.2) is 5.66 Å². The van der Waals surface area contributed by atoms with Gasteiger partial charge in [0.2, 0.25) is 0 Å². The highest BCUT2D eigenvalue weighted by Gasteiger charge is 2.40. The summed E-state index contributed by atoms with van der Waals surface area (Å²) >= 11 is 1.72. The molecule has 29 heavy (non-hydrogen) atoms. The zero-order valence-corrected chi connectivity index (χ0v) is 17.1. The Morgan fingerprint density at radius 2 is 1.79 bits per heavy atom. The number of anilines is 1. The van der Waals surface area contributed by atoms with Gasteiger partial charge in [0.05, 0.1) is 5.71 Å². The summed E-state index contributed by atoms with van der Waals surface area (Å²) in [5.74, 6) is 0.613. The van der Waals surface area contributed by atoms with Gasteiger partial charge >= 0.3 is 6.03 Å². The van der Waals surface area contributed by atoms with Crippen molar-refractivity contribution in [3.63, 3.8) is 0 Å². The number of carbonyl (C=O) groups is 1. The molecule has 0 saturated carbocycles. The highest BCUT2D eigenvalue weighted by Crippen LogP contribution is 2.35. The molecule has 1 fully saturated rings. The quantitative estimate of drug-likeness (QED) is 0.790. The largest absolute Gasteiger partial charge is 0.324 e. The number of hydrogen-bond donors (Lipinski definition) is 1. The summed E-state index contributed by atoms with van der Waals surface area (Å²) in [5.41, 5.74) is 2.15. The lowest BCUT2D eigenvalue weighted by Gasteiger charge is -2.35. The van der Waals surface area contributed by atoms with Crippen LogP contribution in [0.2, 0.25) is 0 Å². The minimum atomic E-state index is -0.477. The van der Waals surface area contributed by atoms with Gasteiger partial charge in [-0.15, -0.1) is 11.8 Å².